The van der Waals surface area contributed by atoms with Crippen LogP contribution in [0.25, 0.3) is 0 Å². The number of aromatic nitrogens is 3. The second kappa shape index (κ2) is 9.11. The fourth-order valence-corrected chi connectivity index (χ4v) is 3.19. The average molecular weight is 278 g/mol. The van der Waals surface area contributed by atoms with Crippen molar-refractivity contribution in [3.05, 3.63) is 12.2 Å². The normalized spacial score (nSPS) is 21.9. The molecule has 1 aromatic rings. The van der Waals surface area contributed by atoms with Gasteiger partial charge in [0.1, 0.15) is 12.2 Å². The van der Waals surface area contributed by atoms with E-state index in [0.29, 0.717) is 6.04 Å². The van der Waals surface area contributed by atoms with Crippen LogP contribution in [0.3, 0.4) is 0 Å². The van der Waals surface area contributed by atoms with E-state index in [1.807, 2.05) is 0 Å². The van der Waals surface area contributed by atoms with Crippen LogP contribution in [0.5, 0.6) is 0 Å². The van der Waals surface area contributed by atoms with Crippen LogP contribution >= 0.6 is 0 Å². The average Bonchev–Trinajstić information content (AvgIpc) is 2.96. The Morgan fingerprint density at radius 3 is 2.05 bits per heavy atom. The van der Waals surface area contributed by atoms with Gasteiger partial charge in [0.25, 0.3) is 0 Å². The fourth-order valence-electron chi connectivity index (χ4n) is 3.19. The maximum atomic E-state index is 4.26. The predicted molar refractivity (Wildman–Crippen MR) is 82.5 cm³/mol. The summed E-state index contributed by atoms with van der Waals surface area (Å²) in [7, 11) is 0. The zero-order valence-corrected chi connectivity index (χ0v) is 12.9. The molecule has 0 spiro atoms. The third-order valence-corrected chi connectivity index (χ3v) is 4.43. The molecular formula is C16H30N4. The van der Waals surface area contributed by atoms with Gasteiger partial charge in [-0.05, 0) is 19.8 Å². The van der Waals surface area contributed by atoms with E-state index in [4.69, 9.17) is 0 Å². The zero-order chi connectivity index (χ0) is 14.0. The molecule has 0 aromatic carbocycles. The standard InChI is InChI=1S/C16H30N4/c1-14(16-17-13-18-20-16)19-15-11-9-7-5-3-2-4-6-8-10-12-15/h13-15,19H,2-12H2,1H3,(H,17,18,20). The molecule has 1 aliphatic rings. The van der Waals surface area contributed by atoms with E-state index in [9.17, 15) is 0 Å². The van der Waals surface area contributed by atoms with E-state index >= 15 is 0 Å². The van der Waals surface area contributed by atoms with Gasteiger partial charge in [-0.25, -0.2) is 4.98 Å². The molecule has 0 amide bonds. The lowest BCUT2D eigenvalue weighted by atomic mass is 9.97. The van der Waals surface area contributed by atoms with E-state index in [2.05, 4.69) is 27.4 Å². The number of hydrogen-bond acceptors (Lipinski definition) is 3. The molecule has 1 fully saturated rings. The topological polar surface area (TPSA) is 53.6 Å². The molecule has 2 N–H and O–H groups in total. The maximum Gasteiger partial charge on any atom is 0.141 e. The summed E-state index contributed by atoms with van der Waals surface area (Å²) < 4.78 is 0. The molecule has 4 heteroatoms. The summed E-state index contributed by atoms with van der Waals surface area (Å²) >= 11 is 0. The Balaban J connectivity index is 1.79. The van der Waals surface area contributed by atoms with Gasteiger partial charge in [0, 0.05) is 6.04 Å². The van der Waals surface area contributed by atoms with Crippen molar-refractivity contribution in [2.45, 2.75) is 89.6 Å². The van der Waals surface area contributed by atoms with E-state index < -0.39 is 0 Å². The number of aromatic amines is 1. The van der Waals surface area contributed by atoms with Gasteiger partial charge in [-0.2, -0.15) is 5.10 Å². The van der Waals surface area contributed by atoms with Gasteiger partial charge in [-0.3, -0.25) is 5.10 Å². The maximum absolute atomic E-state index is 4.26. The highest BCUT2D eigenvalue weighted by atomic mass is 15.2. The molecule has 1 unspecified atom stereocenters. The van der Waals surface area contributed by atoms with Crippen LogP contribution in [0.1, 0.15) is 89.4 Å². The Bertz CT molecular complexity index is 324. The Labute approximate surface area is 123 Å². The molecule has 0 radical (unpaired) electrons. The van der Waals surface area contributed by atoms with Gasteiger partial charge < -0.3 is 5.32 Å². The van der Waals surface area contributed by atoms with Crippen LogP contribution in [0.15, 0.2) is 6.33 Å². The van der Waals surface area contributed by atoms with Gasteiger partial charge in [0.2, 0.25) is 0 Å². The molecule has 2 rings (SSSR count). The molecule has 1 heterocycles. The number of nitrogens with one attached hydrogen (secondary N) is 2. The van der Waals surface area contributed by atoms with Gasteiger partial charge in [-0.1, -0.05) is 57.8 Å². The Kier molecular flexibility index (Phi) is 7.06. The number of rotatable bonds is 3. The van der Waals surface area contributed by atoms with Gasteiger partial charge in [-0.15, -0.1) is 0 Å². The SMILES string of the molecule is CC(NC1CCCCCCCCCCC1)c1ncn[nH]1. The molecule has 1 saturated carbocycles. The van der Waals surface area contributed by atoms with Crippen molar-refractivity contribution in [2.75, 3.05) is 0 Å². The van der Waals surface area contributed by atoms with E-state index in [1.54, 1.807) is 6.33 Å². The largest absolute Gasteiger partial charge is 0.305 e. The van der Waals surface area contributed by atoms with Crippen LogP contribution in [-0.4, -0.2) is 21.2 Å². The van der Waals surface area contributed by atoms with Crippen molar-refractivity contribution in [3.8, 4) is 0 Å². The van der Waals surface area contributed by atoms with Gasteiger partial charge in [0.15, 0.2) is 0 Å². The molecule has 4 nitrogen and oxygen atoms in total. The smallest absolute Gasteiger partial charge is 0.141 e. The summed E-state index contributed by atoms with van der Waals surface area (Å²) in [5.41, 5.74) is 0. The van der Waals surface area contributed by atoms with E-state index in [1.165, 1.54) is 70.6 Å². The summed E-state index contributed by atoms with van der Waals surface area (Å²) in [5.74, 6) is 0.955. The molecule has 1 aromatic heterocycles. The van der Waals surface area contributed by atoms with Crippen LogP contribution < -0.4 is 5.32 Å². The van der Waals surface area contributed by atoms with Crippen molar-refractivity contribution in [3.63, 3.8) is 0 Å². The van der Waals surface area contributed by atoms with Crippen molar-refractivity contribution in [1.29, 1.82) is 0 Å². The Morgan fingerprint density at radius 1 is 1.00 bits per heavy atom. The molecule has 20 heavy (non-hydrogen) atoms. The summed E-state index contributed by atoms with van der Waals surface area (Å²) in [4.78, 5) is 4.26. The van der Waals surface area contributed by atoms with Crippen molar-refractivity contribution in [2.24, 2.45) is 0 Å². The molecule has 0 aliphatic heterocycles. The number of H-pyrrole nitrogens is 1. The first-order valence-corrected chi connectivity index (χ1v) is 8.47. The van der Waals surface area contributed by atoms with E-state index in [-0.39, 0.29) is 6.04 Å². The van der Waals surface area contributed by atoms with Crippen LogP contribution in [-0.2, 0) is 0 Å². The first-order chi connectivity index (χ1) is 9.86. The predicted octanol–water partition coefficient (Wildman–Crippen LogP) is 4.13. The zero-order valence-electron chi connectivity index (χ0n) is 12.9. The third-order valence-electron chi connectivity index (χ3n) is 4.43. The van der Waals surface area contributed by atoms with Crippen LogP contribution in [0.2, 0.25) is 0 Å². The van der Waals surface area contributed by atoms with E-state index in [0.717, 1.165) is 5.82 Å². The molecular weight excluding hydrogens is 248 g/mol. The highest BCUT2D eigenvalue weighted by Crippen LogP contribution is 2.18. The first-order valence-electron chi connectivity index (χ1n) is 8.47. The first kappa shape index (κ1) is 15.5. The Morgan fingerprint density at radius 2 is 1.55 bits per heavy atom. The molecule has 114 valence electrons. The van der Waals surface area contributed by atoms with Crippen molar-refractivity contribution < 1.29 is 0 Å². The minimum atomic E-state index is 0.274. The van der Waals surface area contributed by atoms with Gasteiger partial charge >= 0.3 is 0 Å². The number of hydrogen-bond donors (Lipinski definition) is 2. The lowest BCUT2D eigenvalue weighted by molar-refractivity contribution is 0.369. The summed E-state index contributed by atoms with van der Waals surface area (Å²) in [5, 5.41) is 10.7. The monoisotopic (exact) mass is 278 g/mol. The quantitative estimate of drug-likeness (QED) is 0.874. The third kappa shape index (κ3) is 5.61. The molecule has 1 atom stereocenters. The lowest BCUT2D eigenvalue weighted by Gasteiger charge is -2.22. The van der Waals surface area contributed by atoms with Crippen molar-refractivity contribution in [1.82, 2.24) is 20.5 Å². The molecule has 0 saturated heterocycles. The second-order valence-corrected chi connectivity index (χ2v) is 6.22. The van der Waals surface area contributed by atoms with Crippen molar-refractivity contribution >= 4 is 0 Å². The minimum absolute atomic E-state index is 0.274. The minimum Gasteiger partial charge on any atom is -0.305 e. The van der Waals surface area contributed by atoms with Gasteiger partial charge in [0.05, 0.1) is 6.04 Å². The summed E-state index contributed by atoms with van der Waals surface area (Å²) in [6.45, 7) is 2.18. The number of nitrogens with zero attached hydrogens (tertiary/aromatic N) is 2. The van der Waals surface area contributed by atoms with Crippen LogP contribution in [0, 0.1) is 0 Å². The molecule has 1 aliphatic carbocycles. The highest BCUT2D eigenvalue weighted by Gasteiger charge is 2.15. The Hall–Kier alpha value is -0.900. The summed E-state index contributed by atoms with van der Waals surface area (Å²) in [6, 6.07) is 0.907. The fraction of sp³-hybridized carbons (Fsp3) is 0.875. The molecule has 0 bridgehead atoms. The highest BCUT2D eigenvalue weighted by molar-refractivity contribution is 4.90. The van der Waals surface area contributed by atoms with Crippen LogP contribution in [0.4, 0.5) is 0 Å². The second-order valence-electron chi connectivity index (χ2n) is 6.22. The summed E-state index contributed by atoms with van der Waals surface area (Å²) in [6.07, 6.45) is 16.9. The lowest BCUT2D eigenvalue weighted by Crippen LogP contribution is -2.32.